The number of nitrogens with one attached hydrogen (secondary N) is 2. The first-order chi connectivity index (χ1) is 9.10. The maximum Gasteiger partial charge on any atom is 0.417 e. The summed E-state index contributed by atoms with van der Waals surface area (Å²) in [5.41, 5.74) is 2.42. The number of hydrogen-bond donors (Lipinski definition) is 2. The monoisotopic (exact) mass is 260 g/mol. The highest BCUT2D eigenvalue weighted by atomic mass is 16.4. The van der Waals surface area contributed by atoms with Gasteiger partial charge in [-0.1, -0.05) is 13.8 Å². The molecule has 2 unspecified atom stereocenters. The van der Waals surface area contributed by atoms with Crippen LogP contribution >= 0.6 is 0 Å². The van der Waals surface area contributed by atoms with Gasteiger partial charge in [0, 0.05) is 11.7 Å². The van der Waals surface area contributed by atoms with Crippen molar-refractivity contribution in [3.8, 4) is 0 Å². The Morgan fingerprint density at radius 1 is 1.21 bits per heavy atom. The van der Waals surface area contributed by atoms with Crippen LogP contribution in [0.5, 0.6) is 0 Å². The third-order valence-electron chi connectivity index (χ3n) is 3.97. The van der Waals surface area contributed by atoms with E-state index in [4.69, 9.17) is 4.42 Å². The Kier molecular flexibility index (Phi) is 3.09. The molecule has 102 valence electrons. The van der Waals surface area contributed by atoms with E-state index in [1.807, 2.05) is 18.2 Å². The number of fused-ring (bicyclic) bond motifs is 1. The smallest absolute Gasteiger partial charge is 0.408 e. The van der Waals surface area contributed by atoms with Gasteiger partial charge in [0.05, 0.1) is 5.52 Å². The van der Waals surface area contributed by atoms with Crippen LogP contribution in [0.15, 0.2) is 27.4 Å². The molecule has 0 saturated heterocycles. The molecule has 0 radical (unpaired) electrons. The number of H-pyrrole nitrogens is 1. The zero-order valence-electron chi connectivity index (χ0n) is 11.4. The fourth-order valence-corrected chi connectivity index (χ4v) is 3.34. The van der Waals surface area contributed by atoms with Crippen molar-refractivity contribution in [2.75, 3.05) is 5.32 Å². The summed E-state index contributed by atoms with van der Waals surface area (Å²) >= 11 is 0. The largest absolute Gasteiger partial charge is 0.417 e. The van der Waals surface area contributed by atoms with Gasteiger partial charge >= 0.3 is 5.76 Å². The Hall–Kier alpha value is -1.71. The molecule has 2 aromatic rings. The lowest BCUT2D eigenvalue weighted by Gasteiger charge is -2.32. The van der Waals surface area contributed by atoms with Crippen molar-refractivity contribution < 1.29 is 4.42 Å². The maximum absolute atomic E-state index is 11.1. The molecule has 2 atom stereocenters. The molecule has 19 heavy (non-hydrogen) atoms. The molecule has 0 amide bonds. The SMILES string of the molecule is CC1CC(C)CC(Nc2ccc3oc(=O)[nH]c3c2)C1. The van der Waals surface area contributed by atoms with Crippen LogP contribution < -0.4 is 11.1 Å². The van der Waals surface area contributed by atoms with Crippen molar-refractivity contribution in [1.29, 1.82) is 0 Å². The normalized spacial score (nSPS) is 27.6. The van der Waals surface area contributed by atoms with Crippen LogP contribution in [-0.4, -0.2) is 11.0 Å². The minimum absolute atomic E-state index is 0.396. The number of hydrogen-bond acceptors (Lipinski definition) is 3. The van der Waals surface area contributed by atoms with Crippen molar-refractivity contribution in [1.82, 2.24) is 4.98 Å². The second-order valence-corrected chi connectivity index (χ2v) is 5.98. The van der Waals surface area contributed by atoms with Gasteiger partial charge < -0.3 is 9.73 Å². The third-order valence-corrected chi connectivity index (χ3v) is 3.97. The molecule has 2 N–H and O–H groups in total. The minimum atomic E-state index is -0.396. The van der Waals surface area contributed by atoms with Crippen molar-refractivity contribution in [3.63, 3.8) is 0 Å². The number of benzene rings is 1. The average molecular weight is 260 g/mol. The molecule has 4 heteroatoms. The first-order valence-electron chi connectivity index (χ1n) is 6.99. The van der Waals surface area contributed by atoms with Gasteiger partial charge in [0.2, 0.25) is 0 Å². The molecule has 0 bridgehead atoms. The second-order valence-electron chi connectivity index (χ2n) is 5.98. The Balaban J connectivity index is 1.78. The summed E-state index contributed by atoms with van der Waals surface area (Å²) in [6, 6.07) is 6.29. The number of rotatable bonds is 2. The van der Waals surface area contributed by atoms with Crippen LogP contribution in [0.4, 0.5) is 5.69 Å². The van der Waals surface area contributed by atoms with E-state index in [0.29, 0.717) is 11.6 Å². The lowest BCUT2D eigenvalue weighted by Crippen LogP contribution is -2.30. The number of anilines is 1. The van der Waals surface area contributed by atoms with Crippen LogP contribution in [0.3, 0.4) is 0 Å². The van der Waals surface area contributed by atoms with Gasteiger partial charge in [-0.05, 0) is 49.3 Å². The fourth-order valence-electron chi connectivity index (χ4n) is 3.34. The van der Waals surface area contributed by atoms with E-state index in [1.165, 1.54) is 19.3 Å². The quantitative estimate of drug-likeness (QED) is 0.870. The maximum atomic E-state index is 11.1. The second kappa shape index (κ2) is 4.76. The molecule has 1 saturated carbocycles. The molecule has 1 aliphatic carbocycles. The highest BCUT2D eigenvalue weighted by molar-refractivity contribution is 5.76. The number of oxazole rings is 1. The summed E-state index contributed by atoms with van der Waals surface area (Å²) in [5, 5.41) is 3.58. The Bertz CT molecular complexity index is 618. The highest BCUT2D eigenvalue weighted by Crippen LogP contribution is 2.30. The zero-order valence-corrected chi connectivity index (χ0v) is 11.4. The Morgan fingerprint density at radius 2 is 1.95 bits per heavy atom. The van der Waals surface area contributed by atoms with Gasteiger partial charge in [-0.15, -0.1) is 0 Å². The molecule has 1 aromatic carbocycles. The topological polar surface area (TPSA) is 58.0 Å². The summed E-state index contributed by atoms with van der Waals surface area (Å²) < 4.78 is 5.01. The van der Waals surface area contributed by atoms with Crippen LogP contribution in [0.2, 0.25) is 0 Å². The van der Waals surface area contributed by atoms with Gasteiger partial charge in [0.1, 0.15) is 0 Å². The number of aromatic nitrogens is 1. The standard InChI is InChI=1S/C15H20N2O2/c1-9-5-10(2)7-12(6-9)16-11-3-4-14-13(8-11)17-15(18)19-14/h3-4,8-10,12,16H,5-7H2,1-2H3,(H,17,18). The molecule has 1 aliphatic rings. The van der Waals surface area contributed by atoms with Gasteiger partial charge in [0.15, 0.2) is 5.58 Å². The van der Waals surface area contributed by atoms with E-state index in [0.717, 1.165) is 23.0 Å². The molecule has 0 spiro atoms. The molecule has 1 fully saturated rings. The zero-order chi connectivity index (χ0) is 13.4. The Labute approximate surface area is 112 Å². The lowest BCUT2D eigenvalue weighted by atomic mass is 9.80. The van der Waals surface area contributed by atoms with Gasteiger partial charge in [-0.25, -0.2) is 4.79 Å². The minimum Gasteiger partial charge on any atom is -0.408 e. The first kappa shape index (κ1) is 12.3. The van der Waals surface area contributed by atoms with Crippen LogP contribution in [0.25, 0.3) is 11.1 Å². The molecule has 1 aromatic heterocycles. The third kappa shape index (κ3) is 2.67. The number of aromatic amines is 1. The Morgan fingerprint density at radius 3 is 2.68 bits per heavy atom. The molecule has 0 aliphatic heterocycles. The summed E-state index contributed by atoms with van der Waals surface area (Å²) in [6.07, 6.45) is 3.75. The van der Waals surface area contributed by atoms with E-state index in [1.54, 1.807) is 0 Å². The van der Waals surface area contributed by atoms with E-state index in [-0.39, 0.29) is 0 Å². The molecular formula is C15H20N2O2. The van der Waals surface area contributed by atoms with Crippen molar-refractivity contribution >= 4 is 16.8 Å². The fraction of sp³-hybridized carbons (Fsp3) is 0.533. The van der Waals surface area contributed by atoms with E-state index < -0.39 is 5.76 Å². The highest BCUT2D eigenvalue weighted by Gasteiger charge is 2.23. The van der Waals surface area contributed by atoms with Gasteiger partial charge in [0.25, 0.3) is 0 Å². The molecule has 1 heterocycles. The predicted molar refractivity (Wildman–Crippen MR) is 76.4 cm³/mol. The van der Waals surface area contributed by atoms with E-state index in [2.05, 4.69) is 24.1 Å². The summed E-state index contributed by atoms with van der Waals surface area (Å²) in [4.78, 5) is 13.8. The summed E-state index contributed by atoms with van der Waals surface area (Å²) in [6.45, 7) is 4.64. The van der Waals surface area contributed by atoms with Crippen LogP contribution in [-0.2, 0) is 0 Å². The van der Waals surface area contributed by atoms with Crippen molar-refractivity contribution in [2.24, 2.45) is 11.8 Å². The first-order valence-corrected chi connectivity index (χ1v) is 6.99. The van der Waals surface area contributed by atoms with Gasteiger partial charge in [-0.3, -0.25) is 4.98 Å². The van der Waals surface area contributed by atoms with Crippen molar-refractivity contribution in [3.05, 3.63) is 28.7 Å². The van der Waals surface area contributed by atoms with E-state index in [9.17, 15) is 4.79 Å². The molecule has 3 rings (SSSR count). The van der Waals surface area contributed by atoms with Crippen molar-refractivity contribution in [2.45, 2.75) is 39.2 Å². The molecule has 4 nitrogen and oxygen atoms in total. The summed E-state index contributed by atoms with van der Waals surface area (Å²) in [7, 11) is 0. The summed E-state index contributed by atoms with van der Waals surface area (Å²) in [5.74, 6) is 1.16. The lowest BCUT2D eigenvalue weighted by molar-refractivity contribution is 0.281. The van der Waals surface area contributed by atoms with Crippen LogP contribution in [0, 0.1) is 11.8 Å². The van der Waals surface area contributed by atoms with Crippen LogP contribution in [0.1, 0.15) is 33.1 Å². The molecular weight excluding hydrogens is 240 g/mol. The van der Waals surface area contributed by atoms with Gasteiger partial charge in [-0.2, -0.15) is 0 Å². The van der Waals surface area contributed by atoms with E-state index >= 15 is 0 Å². The predicted octanol–water partition coefficient (Wildman–Crippen LogP) is 3.36. The average Bonchev–Trinajstić information content (AvgIpc) is 2.67.